The third-order valence-electron chi connectivity index (χ3n) is 4.79. The average Bonchev–Trinajstić information content (AvgIpc) is 2.77. The van der Waals surface area contributed by atoms with E-state index in [0.717, 1.165) is 18.2 Å². The number of amides is 2. The zero-order chi connectivity index (χ0) is 27.5. The molecule has 0 aliphatic heterocycles. The van der Waals surface area contributed by atoms with Crippen LogP contribution in [0.1, 0.15) is 11.1 Å². The third kappa shape index (κ3) is 6.91. The first-order valence-corrected chi connectivity index (χ1v) is 13.0. The minimum atomic E-state index is -4.78. The van der Waals surface area contributed by atoms with Crippen LogP contribution >= 0.6 is 0 Å². The summed E-state index contributed by atoms with van der Waals surface area (Å²) in [5.41, 5.74) is 16.2. The summed E-state index contributed by atoms with van der Waals surface area (Å²) in [6.07, 6.45) is 0. The van der Waals surface area contributed by atoms with E-state index in [1.54, 1.807) is 26.0 Å². The number of primary amides is 1. The van der Waals surface area contributed by atoms with E-state index in [2.05, 4.69) is 25.8 Å². The van der Waals surface area contributed by atoms with Crippen molar-refractivity contribution in [3.63, 3.8) is 0 Å². The molecular weight excluding hydrogens is 526 g/mol. The number of benzene rings is 3. The molecule has 0 spiro atoms. The molecule has 2 radical (unpaired) electrons. The lowest BCUT2D eigenvalue weighted by atomic mass is 10.1. The first-order chi connectivity index (χ1) is 17.1. The van der Waals surface area contributed by atoms with Crippen molar-refractivity contribution in [3.8, 4) is 0 Å². The minimum Gasteiger partial charge on any atom is -0.351 e. The number of hydrogen-bond acceptors (Lipinski definition) is 9. The second-order valence-electron chi connectivity index (χ2n) is 7.60. The molecule has 3 rings (SSSR count). The predicted octanol–water partition coefficient (Wildman–Crippen LogP) is 4.82. The number of nitrogens with two attached hydrogens (primary N) is 1. The standard InChI is InChI=1S/C21H19N7O7S2/c1-11-8-17(27-28-19-10-14(36(30,31)32)4-6-20(19)37(33,34)35)12(2)7-16(11)26-25-15-5-3-13(22)9-18(15)24-21(23)29/h3-10H,1-2H3,(H3,23,24,29)(H,30,31,32)(H,33,34,35)/b26-25+,28-27+. The van der Waals surface area contributed by atoms with Gasteiger partial charge in [0.1, 0.15) is 16.3 Å². The maximum Gasteiger partial charge on any atom is 0.316 e. The Bertz CT molecular complexity index is 1670. The van der Waals surface area contributed by atoms with Gasteiger partial charge in [-0.1, -0.05) is 0 Å². The highest BCUT2D eigenvalue weighted by Gasteiger charge is 2.20. The number of rotatable bonds is 7. The molecule has 0 aromatic heterocycles. The molecule has 0 unspecified atom stereocenters. The zero-order valence-corrected chi connectivity index (χ0v) is 20.8. The molecule has 0 aliphatic carbocycles. The van der Waals surface area contributed by atoms with Gasteiger partial charge in [-0.3, -0.25) is 9.11 Å². The zero-order valence-electron chi connectivity index (χ0n) is 19.2. The van der Waals surface area contributed by atoms with Crippen LogP contribution in [0.25, 0.3) is 0 Å². The molecule has 14 nitrogen and oxygen atoms in total. The van der Waals surface area contributed by atoms with Crippen molar-refractivity contribution in [2.45, 2.75) is 23.6 Å². The fourth-order valence-electron chi connectivity index (χ4n) is 3.01. The monoisotopic (exact) mass is 545 g/mol. The van der Waals surface area contributed by atoms with E-state index in [-0.39, 0.29) is 22.7 Å². The molecular formula is C21H19N7O7S2. The van der Waals surface area contributed by atoms with E-state index >= 15 is 0 Å². The number of carbonyl (C=O) groups is 1. The summed E-state index contributed by atoms with van der Waals surface area (Å²) in [4.78, 5) is 9.85. The number of azo groups is 2. The Morgan fingerprint density at radius 1 is 0.784 bits per heavy atom. The molecule has 3 aromatic rings. The number of nitrogens with one attached hydrogen (secondary N) is 1. The van der Waals surface area contributed by atoms with E-state index < -0.39 is 41.7 Å². The van der Waals surface area contributed by atoms with Crippen LogP contribution in [-0.2, 0) is 20.2 Å². The molecule has 0 aliphatic rings. The summed E-state index contributed by atoms with van der Waals surface area (Å²) in [6, 6.07) is 8.62. The summed E-state index contributed by atoms with van der Waals surface area (Å²) >= 11 is 0. The Labute approximate surface area is 211 Å². The fraction of sp³-hybridized carbons (Fsp3) is 0.0952. The summed E-state index contributed by atoms with van der Waals surface area (Å²) in [6.45, 7) is 3.32. The summed E-state index contributed by atoms with van der Waals surface area (Å²) in [5.74, 6) is 0. The average molecular weight is 546 g/mol. The summed E-state index contributed by atoms with van der Waals surface area (Å²) in [5, 5.41) is 18.3. The minimum absolute atomic E-state index is 0.122. The lowest BCUT2D eigenvalue weighted by molar-refractivity contribution is 0.259. The topological polar surface area (TPSA) is 236 Å². The molecule has 0 bridgehead atoms. The quantitative estimate of drug-likeness (QED) is 0.238. The van der Waals surface area contributed by atoms with E-state index in [1.165, 1.54) is 18.2 Å². The number of urea groups is 1. The number of hydrogen-bond donors (Lipinski definition) is 4. The Morgan fingerprint density at radius 2 is 1.32 bits per heavy atom. The van der Waals surface area contributed by atoms with Crippen LogP contribution in [0.15, 0.2) is 78.8 Å². The Hall–Kier alpha value is -4.25. The van der Waals surface area contributed by atoms with Crippen LogP contribution < -0.4 is 16.8 Å². The SMILES string of the molecule is Cc1cc(/N=N/c2cc(S(=O)(=O)O)ccc2S(=O)(=O)O)c(C)cc1/N=N/c1ccc([N])cc1NC(N)=O. The second kappa shape index (κ2) is 10.4. The molecule has 0 saturated heterocycles. The van der Waals surface area contributed by atoms with Crippen molar-refractivity contribution < 1.29 is 30.7 Å². The highest BCUT2D eigenvalue weighted by molar-refractivity contribution is 7.86. The van der Waals surface area contributed by atoms with Crippen molar-refractivity contribution in [2.75, 3.05) is 5.32 Å². The molecule has 37 heavy (non-hydrogen) atoms. The van der Waals surface area contributed by atoms with Crippen molar-refractivity contribution >= 4 is 60.4 Å². The summed E-state index contributed by atoms with van der Waals surface area (Å²) in [7, 11) is -9.46. The van der Waals surface area contributed by atoms with Crippen LogP contribution in [0, 0.1) is 13.8 Å². The van der Waals surface area contributed by atoms with Crippen LogP contribution in [0.5, 0.6) is 0 Å². The molecule has 2 amide bonds. The largest absolute Gasteiger partial charge is 0.351 e. The van der Waals surface area contributed by atoms with Gasteiger partial charge < -0.3 is 11.1 Å². The van der Waals surface area contributed by atoms with Gasteiger partial charge in [-0.2, -0.15) is 32.8 Å². The van der Waals surface area contributed by atoms with Gasteiger partial charge in [0.05, 0.1) is 27.6 Å². The Balaban J connectivity index is 1.98. The smallest absolute Gasteiger partial charge is 0.316 e. The van der Waals surface area contributed by atoms with Gasteiger partial charge in [-0.25, -0.2) is 4.79 Å². The maximum absolute atomic E-state index is 11.7. The lowest BCUT2D eigenvalue weighted by Gasteiger charge is -2.07. The summed E-state index contributed by atoms with van der Waals surface area (Å²) < 4.78 is 64.8. The fourth-order valence-corrected chi connectivity index (χ4v) is 4.12. The lowest BCUT2D eigenvalue weighted by Crippen LogP contribution is -2.19. The van der Waals surface area contributed by atoms with E-state index in [4.69, 9.17) is 5.73 Å². The van der Waals surface area contributed by atoms with Gasteiger partial charge in [0.2, 0.25) is 0 Å². The van der Waals surface area contributed by atoms with Crippen molar-refractivity contribution in [2.24, 2.45) is 26.2 Å². The van der Waals surface area contributed by atoms with Crippen LogP contribution in [0.2, 0.25) is 0 Å². The Morgan fingerprint density at radius 3 is 1.84 bits per heavy atom. The van der Waals surface area contributed by atoms with Gasteiger partial charge >= 0.3 is 6.03 Å². The van der Waals surface area contributed by atoms with Gasteiger partial charge in [0.15, 0.2) is 0 Å². The normalized spacial score (nSPS) is 12.3. The molecule has 192 valence electrons. The van der Waals surface area contributed by atoms with E-state index in [1.807, 2.05) is 0 Å². The van der Waals surface area contributed by atoms with E-state index in [0.29, 0.717) is 16.8 Å². The van der Waals surface area contributed by atoms with Gasteiger partial charge in [-0.05, 0) is 73.5 Å². The number of carbonyl (C=O) groups excluding carboxylic acids is 1. The molecule has 16 heteroatoms. The molecule has 0 heterocycles. The number of anilines is 1. The van der Waals surface area contributed by atoms with Crippen LogP contribution in [0.4, 0.5) is 38.9 Å². The van der Waals surface area contributed by atoms with Crippen LogP contribution in [0.3, 0.4) is 0 Å². The molecule has 0 fully saturated rings. The number of aryl methyl sites for hydroxylation is 2. The predicted molar refractivity (Wildman–Crippen MR) is 132 cm³/mol. The highest BCUT2D eigenvalue weighted by atomic mass is 32.2. The van der Waals surface area contributed by atoms with E-state index in [9.17, 15) is 36.5 Å². The highest BCUT2D eigenvalue weighted by Crippen LogP contribution is 2.34. The number of nitrogens with zero attached hydrogens (tertiary/aromatic N) is 5. The maximum atomic E-state index is 11.7. The molecule has 5 N–H and O–H groups in total. The molecule has 3 aromatic carbocycles. The first kappa shape index (κ1) is 27.3. The van der Waals surface area contributed by atoms with Crippen molar-refractivity contribution in [1.29, 1.82) is 0 Å². The Kier molecular flexibility index (Phi) is 7.68. The second-order valence-corrected chi connectivity index (χ2v) is 10.4. The molecule has 0 atom stereocenters. The van der Waals surface area contributed by atoms with Crippen molar-refractivity contribution in [1.82, 2.24) is 5.73 Å². The van der Waals surface area contributed by atoms with Crippen molar-refractivity contribution in [3.05, 3.63) is 59.7 Å². The van der Waals surface area contributed by atoms with Gasteiger partial charge in [0, 0.05) is 0 Å². The van der Waals surface area contributed by atoms with Crippen LogP contribution in [-0.4, -0.2) is 32.0 Å². The third-order valence-corrected chi connectivity index (χ3v) is 6.54. The molecule has 0 saturated carbocycles. The van der Waals surface area contributed by atoms with Gasteiger partial charge in [-0.15, -0.1) is 10.2 Å². The van der Waals surface area contributed by atoms with Gasteiger partial charge in [0.25, 0.3) is 20.2 Å². The first-order valence-electron chi connectivity index (χ1n) is 10.1.